The van der Waals surface area contributed by atoms with Crippen molar-refractivity contribution in [2.75, 3.05) is 0 Å². The summed E-state index contributed by atoms with van der Waals surface area (Å²) in [5.41, 5.74) is 0. The zero-order valence-electron chi connectivity index (χ0n) is 6.72. The molecule has 0 heterocycles. The van der Waals surface area contributed by atoms with Crippen molar-refractivity contribution in [2.45, 2.75) is 25.4 Å². The molecule has 1 aromatic carbocycles. The lowest BCUT2D eigenvalue weighted by molar-refractivity contribution is 0.119. The van der Waals surface area contributed by atoms with E-state index in [1.54, 1.807) is 0 Å². The minimum atomic E-state index is 0.442. The molecule has 1 nitrogen and oxygen atoms in total. The minimum absolute atomic E-state index is 0.442. The molecule has 0 saturated heterocycles. The zero-order valence-corrected chi connectivity index (χ0v) is 8.30. The molecule has 0 aliphatic heterocycles. The molecule has 0 spiro atoms. The molecule has 0 bridgehead atoms. The van der Waals surface area contributed by atoms with Crippen molar-refractivity contribution in [3.8, 4) is 5.75 Å². The second kappa shape index (κ2) is 3.48. The molecule has 0 unspecified atom stereocenters. The van der Waals surface area contributed by atoms with E-state index >= 15 is 0 Å². The first-order chi connectivity index (χ1) is 5.86. The van der Waals surface area contributed by atoms with Gasteiger partial charge in [0.15, 0.2) is 0 Å². The molecule has 1 aliphatic rings. The van der Waals surface area contributed by atoms with Gasteiger partial charge >= 0.3 is 0 Å². The molecule has 63 valence electrons. The fourth-order valence-electron chi connectivity index (χ4n) is 1.16. The Morgan fingerprint density at radius 3 is 2.92 bits per heavy atom. The lowest BCUT2D eigenvalue weighted by atomic mass is 9.96. The quantitative estimate of drug-likeness (QED) is 0.752. The topological polar surface area (TPSA) is 9.23 Å². The Bertz CT molecular complexity index is 268. The van der Waals surface area contributed by atoms with Gasteiger partial charge in [0, 0.05) is 6.07 Å². The van der Waals surface area contributed by atoms with Crippen LogP contribution in [0.3, 0.4) is 0 Å². The number of hydrogen-bond donors (Lipinski definition) is 0. The highest BCUT2D eigenvalue weighted by Gasteiger charge is 2.19. The second-order valence-electron chi connectivity index (χ2n) is 3.02. The predicted molar refractivity (Wildman–Crippen MR) is 51.2 cm³/mol. The molecule has 0 amide bonds. The van der Waals surface area contributed by atoms with Crippen molar-refractivity contribution in [1.82, 2.24) is 0 Å². The smallest absolute Gasteiger partial charge is 0.134 e. The lowest BCUT2D eigenvalue weighted by Gasteiger charge is -2.26. The third-order valence-electron chi connectivity index (χ3n) is 2.12. The fourth-order valence-corrected chi connectivity index (χ4v) is 1.52. The average molecular weight is 226 g/mol. The van der Waals surface area contributed by atoms with Crippen LogP contribution in [-0.4, -0.2) is 6.10 Å². The molecule has 2 heteroatoms. The van der Waals surface area contributed by atoms with E-state index in [-0.39, 0.29) is 0 Å². The van der Waals surface area contributed by atoms with Gasteiger partial charge in [-0.3, -0.25) is 0 Å². The Morgan fingerprint density at radius 2 is 2.33 bits per heavy atom. The molecule has 1 saturated carbocycles. The van der Waals surface area contributed by atoms with E-state index in [1.165, 1.54) is 19.3 Å². The van der Waals surface area contributed by atoms with E-state index < -0.39 is 0 Å². The van der Waals surface area contributed by atoms with Crippen molar-refractivity contribution >= 4 is 15.9 Å². The molecule has 1 fully saturated rings. The Labute approximate surface area is 80.9 Å². The predicted octanol–water partition coefficient (Wildman–Crippen LogP) is 3.18. The molecular formula is C10H10BrO. The van der Waals surface area contributed by atoms with Gasteiger partial charge in [0.1, 0.15) is 5.75 Å². The number of ether oxygens (including phenoxy) is 1. The third kappa shape index (κ3) is 1.63. The van der Waals surface area contributed by atoms with E-state index in [1.807, 2.05) is 18.2 Å². The third-order valence-corrected chi connectivity index (χ3v) is 2.74. The summed E-state index contributed by atoms with van der Waals surface area (Å²) in [6.45, 7) is 0. The van der Waals surface area contributed by atoms with Gasteiger partial charge < -0.3 is 4.74 Å². The maximum absolute atomic E-state index is 5.70. The summed E-state index contributed by atoms with van der Waals surface area (Å²) in [6, 6.07) is 8.83. The van der Waals surface area contributed by atoms with Crippen LogP contribution in [0, 0.1) is 6.07 Å². The Balaban J connectivity index is 2.06. The number of rotatable bonds is 2. The van der Waals surface area contributed by atoms with Gasteiger partial charge in [-0.2, -0.15) is 0 Å². The molecule has 12 heavy (non-hydrogen) atoms. The highest BCUT2D eigenvalue weighted by Crippen LogP contribution is 2.29. The van der Waals surface area contributed by atoms with Crippen LogP contribution in [0.5, 0.6) is 5.75 Å². The lowest BCUT2D eigenvalue weighted by Crippen LogP contribution is -2.24. The van der Waals surface area contributed by atoms with E-state index in [0.29, 0.717) is 6.10 Å². The first-order valence-electron chi connectivity index (χ1n) is 4.19. The Hall–Kier alpha value is -0.500. The average Bonchev–Trinajstić information content (AvgIpc) is 2.00. The standard InChI is InChI=1S/C10H10BrO/c11-9-6-1-2-7-10(9)12-8-4-3-5-8/h1-2,7-8H,3-5H2. The first-order valence-corrected chi connectivity index (χ1v) is 4.98. The van der Waals surface area contributed by atoms with Crippen LogP contribution in [-0.2, 0) is 0 Å². The van der Waals surface area contributed by atoms with E-state index in [9.17, 15) is 0 Å². The fraction of sp³-hybridized carbons (Fsp3) is 0.400. The summed E-state index contributed by atoms with van der Waals surface area (Å²) in [6.07, 6.45) is 4.14. The van der Waals surface area contributed by atoms with E-state index in [4.69, 9.17) is 4.74 Å². The number of halogens is 1. The van der Waals surface area contributed by atoms with Crippen LogP contribution < -0.4 is 4.74 Å². The van der Waals surface area contributed by atoms with E-state index in [2.05, 4.69) is 22.0 Å². The maximum Gasteiger partial charge on any atom is 0.134 e. The normalized spacial score (nSPS) is 17.1. The molecule has 0 N–H and O–H groups in total. The van der Waals surface area contributed by atoms with Gasteiger partial charge in [-0.1, -0.05) is 12.1 Å². The molecule has 1 aromatic rings. The molecule has 1 aliphatic carbocycles. The van der Waals surface area contributed by atoms with Gasteiger partial charge in [0.2, 0.25) is 0 Å². The highest BCUT2D eigenvalue weighted by molar-refractivity contribution is 9.10. The Kier molecular flexibility index (Phi) is 2.35. The van der Waals surface area contributed by atoms with Gasteiger partial charge in [-0.05, 0) is 41.3 Å². The minimum Gasteiger partial charge on any atom is -0.489 e. The number of hydrogen-bond acceptors (Lipinski definition) is 1. The summed E-state index contributed by atoms with van der Waals surface area (Å²) in [4.78, 5) is 0. The van der Waals surface area contributed by atoms with Crippen molar-refractivity contribution in [3.63, 3.8) is 0 Å². The van der Waals surface area contributed by atoms with Gasteiger partial charge in [0.05, 0.1) is 10.6 Å². The van der Waals surface area contributed by atoms with Crippen LogP contribution in [0.4, 0.5) is 0 Å². The van der Waals surface area contributed by atoms with Crippen LogP contribution >= 0.6 is 15.9 Å². The monoisotopic (exact) mass is 225 g/mol. The van der Waals surface area contributed by atoms with Crippen LogP contribution in [0.15, 0.2) is 22.7 Å². The summed E-state index contributed by atoms with van der Waals surface area (Å²) in [5.74, 6) is 0.919. The van der Waals surface area contributed by atoms with Crippen LogP contribution in [0.25, 0.3) is 0 Å². The molecule has 0 atom stereocenters. The van der Waals surface area contributed by atoms with E-state index in [0.717, 1.165) is 10.2 Å². The largest absolute Gasteiger partial charge is 0.489 e. The van der Waals surface area contributed by atoms with Gasteiger partial charge in [-0.25, -0.2) is 0 Å². The second-order valence-corrected chi connectivity index (χ2v) is 3.81. The van der Waals surface area contributed by atoms with Gasteiger partial charge in [-0.15, -0.1) is 0 Å². The van der Waals surface area contributed by atoms with Crippen LogP contribution in [0.2, 0.25) is 0 Å². The SMILES string of the molecule is Brc1[c]cccc1OC1CCC1. The van der Waals surface area contributed by atoms with Crippen molar-refractivity contribution in [2.24, 2.45) is 0 Å². The molecule has 2 rings (SSSR count). The maximum atomic E-state index is 5.70. The van der Waals surface area contributed by atoms with Crippen LogP contribution in [0.1, 0.15) is 19.3 Å². The zero-order chi connectivity index (χ0) is 8.39. The summed E-state index contributed by atoms with van der Waals surface area (Å²) >= 11 is 3.40. The summed E-state index contributed by atoms with van der Waals surface area (Å²) < 4.78 is 6.63. The first kappa shape index (κ1) is 8.11. The van der Waals surface area contributed by atoms with Crippen molar-refractivity contribution < 1.29 is 4.74 Å². The Morgan fingerprint density at radius 1 is 1.50 bits per heavy atom. The molecular weight excluding hydrogens is 216 g/mol. The van der Waals surface area contributed by atoms with Gasteiger partial charge in [0.25, 0.3) is 0 Å². The highest BCUT2D eigenvalue weighted by atomic mass is 79.9. The van der Waals surface area contributed by atoms with Crippen molar-refractivity contribution in [1.29, 1.82) is 0 Å². The summed E-state index contributed by atoms with van der Waals surface area (Å²) in [5, 5.41) is 0. The molecule has 1 radical (unpaired) electrons. The number of benzene rings is 1. The molecule has 0 aromatic heterocycles. The van der Waals surface area contributed by atoms with Crippen molar-refractivity contribution in [3.05, 3.63) is 28.7 Å². The summed E-state index contributed by atoms with van der Waals surface area (Å²) in [7, 11) is 0.